The van der Waals surface area contributed by atoms with Gasteiger partial charge in [0.1, 0.15) is 0 Å². The van der Waals surface area contributed by atoms with Crippen LogP contribution in [0.4, 0.5) is 16.2 Å². The summed E-state index contributed by atoms with van der Waals surface area (Å²) in [5, 5.41) is 13.1. The van der Waals surface area contributed by atoms with Gasteiger partial charge in [-0.05, 0) is 56.3 Å². The predicted molar refractivity (Wildman–Crippen MR) is 145 cm³/mol. The Bertz CT molecular complexity index is 1470. The Kier molecular flexibility index (Phi) is 8.57. The largest absolute Gasteiger partial charge is 0.341 e. The van der Waals surface area contributed by atoms with Crippen molar-refractivity contribution in [1.29, 1.82) is 0 Å². The van der Waals surface area contributed by atoms with Gasteiger partial charge in [0.05, 0.1) is 6.20 Å². The summed E-state index contributed by atoms with van der Waals surface area (Å²) in [6.45, 7) is 1.67. The standard InChI is InChI=1S/C24H30FN7O4S2/c1-32-10-8-19(9-11-32)31-38(35,36)16-18-5-3-6-20(13-18)28-23-22(25)14-27-24(30-23)29-21-7-2-4-17(12-21)15-37(26,33)34/h2-7,14-16,19,31H,8-13H2,1H3,(H2,26,33,34)(H2,27,28,29,30). The third-order valence-corrected chi connectivity index (χ3v) is 7.88. The highest BCUT2D eigenvalue weighted by molar-refractivity contribution is 7.92. The van der Waals surface area contributed by atoms with Gasteiger partial charge in [-0.1, -0.05) is 24.3 Å². The number of anilines is 2. The normalized spacial score (nSPS) is 21.4. The van der Waals surface area contributed by atoms with Crippen LogP contribution in [0.5, 0.6) is 0 Å². The van der Waals surface area contributed by atoms with Crippen LogP contribution in [0.2, 0.25) is 0 Å². The minimum Gasteiger partial charge on any atom is -0.341 e. The maximum absolute atomic E-state index is 14.5. The summed E-state index contributed by atoms with van der Waals surface area (Å²) in [5.41, 5.74) is 2.15. The number of sulfonamides is 2. The lowest BCUT2D eigenvalue weighted by Crippen LogP contribution is -2.42. The van der Waals surface area contributed by atoms with Crippen molar-refractivity contribution in [3.05, 3.63) is 81.8 Å². The van der Waals surface area contributed by atoms with Crippen LogP contribution in [-0.4, -0.2) is 57.9 Å². The first-order valence-electron chi connectivity index (χ1n) is 11.9. The Hall–Kier alpha value is -3.17. The van der Waals surface area contributed by atoms with Gasteiger partial charge < -0.3 is 15.5 Å². The van der Waals surface area contributed by atoms with E-state index >= 15 is 0 Å². The van der Waals surface area contributed by atoms with E-state index in [4.69, 9.17) is 5.14 Å². The number of nitrogens with one attached hydrogen (secondary N) is 3. The monoisotopic (exact) mass is 563 g/mol. The van der Waals surface area contributed by atoms with Gasteiger partial charge >= 0.3 is 0 Å². The van der Waals surface area contributed by atoms with E-state index in [-0.39, 0.29) is 30.6 Å². The van der Waals surface area contributed by atoms with E-state index in [1.165, 1.54) is 5.41 Å². The van der Waals surface area contributed by atoms with Crippen molar-refractivity contribution in [2.75, 3.05) is 30.8 Å². The smallest absolute Gasteiger partial charge is 0.234 e. The fraction of sp³-hybridized carbons (Fsp3) is 0.333. The molecule has 1 saturated heterocycles. The Morgan fingerprint density at radius 1 is 1.00 bits per heavy atom. The molecule has 38 heavy (non-hydrogen) atoms. The topological polar surface area (TPSA) is 159 Å². The quantitative estimate of drug-likeness (QED) is 0.372. The van der Waals surface area contributed by atoms with E-state index in [2.05, 4.69) is 30.2 Å². The maximum Gasteiger partial charge on any atom is 0.234 e. The highest BCUT2D eigenvalue weighted by atomic mass is 32.2. The highest BCUT2D eigenvalue weighted by Crippen LogP contribution is 2.24. The fourth-order valence-electron chi connectivity index (χ4n) is 4.20. The SMILES string of the molecule is CN1CCC(NS(=O)(=O)C=C2C=CC=C(Nc3nc(NC4=CC=CC(=CS(N)(=O)=O)C4)ncc3F)C2)CC1. The van der Waals surface area contributed by atoms with Crippen molar-refractivity contribution < 1.29 is 21.2 Å². The van der Waals surface area contributed by atoms with Gasteiger partial charge in [0, 0.05) is 41.1 Å². The van der Waals surface area contributed by atoms with E-state index < -0.39 is 25.9 Å². The van der Waals surface area contributed by atoms with Crippen LogP contribution in [0.3, 0.4) is 0 Å². The number of rotatable bonds is 8. The van der Waals surface area contributed by atoms with Crippen molar-refractivity contribution in [1.82, 2.24) is 19.6 Å². The first-order chi connectivity index (χ1) is 17.9. The average Bonchev–Trinajstić information content (AvgIpc) is 2.82. The lowest BCUT2D eigenvalue weighted by molar-refractivity contribution is 0.248. The van der Waals surface area contributed by atoms with Crippen LogP contribution in [0.15, 0.2) is 76.0 Å². The van der Waals surface area contributed by atoms with Gasteiger partial charge in [0.15, 0.2) is 11.6 Å². The Balaban J connectivity index is 1.40. The van der Waals surface area contributed by atoms with Crippen LogP contribution in [0, 0.1) is 5.82 Å². The zero-order chi connectivity index (χ0) is 27.3. The summed E-state index contributed by atoms with van der Waals surface area (Å²) in [6, 6.07) is -0.101. The molecule has 1 aromatic rings. The molecule has 0 atom stereocenters. The van der Waals surface area contributed by atoms with Crippen molar-refractivity contribution in [2.24, 2.45) is 5.14 Å². The number of allylic oxidation sites excluding steroid dienone is 8. The van der Waals surface area contributed by atoms with Crippen LogP contribution in [0.1, 0.15) is 25.7 Å². The molecule has 11 nitrogen and oxygen atoms in total. The molecule has 2 aliphatic carbocycles. The lowest BCUT2D eigenvalue weighted by atomic mass is 10.1. The van der Waals surface area contributed by atoms with Gasteiger partial charge in [-0.15, -0.1) is 0 Å². The number of aromatic nitrogens is 2. The van der Waals surface area contributed by atoms with Crippen molar-refractivity contribution in [3.8, 4) is 0 Å². The van der Waals surface area contributed by atoms with E-state index in [1.54, 1.807) is 36.5 Å². The van der Waals surface area contributed by atoms with Gasteiger partial charge in [0.25, 0.3) is 0 Å². The minimum atomic E-state index is -3.79. The second kappa shape index (κ2) is 11.7. The predicted octanol–water partition coefficient (Wildman–Crippen LogP) is 2.20. The molecule has 0 amide bonds. The molecule has 3 aliphatic rings. The molecule has 1 fully saturated rings. The van der Waals surface area contributed by atoms with Gasteiger partial charge in [-0.3, -0.25) is 0 Å². The molecule has 1 aromatic heterocycles. The van der Waals surface area contributed by atoms with Crippen molar-refractivity contribution in [3.63, 3.8) is 0 Å². The highest BCUT2D eigenvalue weighted by Gasteiger charge is 2.22. The Morgan fingerprint density at radius 2 is 1.61 bits per heavy atom. The van der Waals surface area contributed by atoms with Crippen LogP contribution >= 0.6 is 0 Å². The molecule has 0 bridgehead atoms. The molecule has 0 radical (unpaired) electrons. The van der Waals surface area contributed by atoms with E-state index in [0.29, 0.717) is 22.5 Å². The second-order valence-electron chi connectivity index (χ2n) is 9.31. The van der Waals surface area contributed by atoms with Crippen molar-refractivity contribution >= 4 is 31.8 Å². The van der Waals surface area contributed by atoms with E-state index in [1.807, 2.05) is 7.05 Å². The summed E-state index contributed by atoms with van der Waals surface area (Å²) in [5.74, 6) is -0.693. The molecule has 4 rings (SSSR count). The number of halogens is 1. The third kappa shape index (κ3) is 8.43. The molecule has 1 aliphatic heterocycles. The number of piperidine rings is 1. The Morgan fingerprint density at radius 3 is 2.24 bits per heavy atom. The van der Waals surface area contributed by atoms with E-state index in [9.17, 15) is 21.2 Å². The number of hydrogen-bond donors (Lipinski definition) is 4. The van der Waals surface area contributed by atoms with Crippen LogP contribution in [-0.2, 0) is 20.0 Å². The first kappa shape index (κ1) is 27.9. The van der Waals surface area contributed by atoms with Gasteiger partial charge in [-0.2, -0.15) is 4.98 Å². The molecule has 0 unspecified atom stereocenters. The van der Waals surface area contributed by atoms with Gasteiger partial charge in [0.2, 0.25) is 26.0 Å². The van der Waals surface area contributed by atoms with Crippen LogP contribution < -0.4 is 20.5 Å². The molecule has 14 heteroatoms. The number of likely N-dealkylation sites (tertiary alicyclic amines) is 1. The number of nitrogens with two attached hydrogens (primary N) is 1. The first-order valence-corrected chi connectivity index (χ1v) is 15.1. The molecule has 2 heterocycles. The lowest BCUT2D eigenvalue weighted by Gasteiger charge is -2.29. The summed E-state index contributed by atoms with van der Waals surface area (Å²) in [4.78, 5) is 10.3. The average molecular weight is 564 g/mol. The molecule has 0 saturated carbocycles. The summed E-state index contributed by atoms with van der Waals surface area (Å²) < 4.78 is 65.3. The third-order valence-electron chi connectivity index (χ3n) is 5.97. The summed E-state index contributed by atoms with van der Waals surface area (Å²) in [6.07, 6.45) is 13.0. The number of primary sulfonamides is 1. The molecular weight excluding hydrogens is 533 g/mol. The van der Waals surface area contributed by atoms with Crippen LogP contribution in [0.25, 0.3) is 0 Å². The molecule has 204 valence electrons. The number of hydrogen-bond acceptors (Lipinski definition) is 9. The van der Waals surface area contributed by atoms with Gasteiger partial charge in [-0.25, -0.2) is 36.1 Å². The molecule has 0 aromatic carbocycles. The minimum absolute atomic E-state index is 0.0945. The number of nitrogens with zero attached hydrogens (tertiary/aromatic N) is 3. The van der Waals surface area contributed by atoms with Crippen molar-refractivity contribution in [2.45, 2.75) is 31.7 Å². The molecule has 0 spiro atoms. The second-order valence-corrected chi connectivity index (χ2v) is 12.3. The molecular formula is C24H30FN7O4S2. The fourth-order valence-corrected chi connectivity index (χ4v) is 6.11. The Labute approximate surface area is 221 Å². The van der Waals surface area contributed by atoms with E-state index in [0.717, 1.165) is 37.5 Å². The zero-order valence-corrected chi connectivity index (χ0v) is 22.4. The zero-order valence-electron chi connectivity index (χ0n) is 20.8. The summed E-state index contributed by atoms with van der Waals surface area (Å²) in [7, 11) is -5.43. The summed E-state index contributed by atoms with van der Waals surface area (Å²) >= 11 is 0. The molecule has 5 N–H and O–H groups in total. The maximum atomic E-state index is 14.5.